The van der Waals surface area contributed by atoms with Crippen molar-refractivity contribution in [2.24, 2.45) is 0 Å². The zero-order chi connectivity index (χ0) is 18.5. The van der Waals surface area contributed by atoms with Crippen molar-refractivity contribution in [2.45, 2.75) is 47.3 Å². The quantitative estimate of drug-likeness (QED) is 0.276. The minimum Gasteiger partial charge on any atom is -0.480 e. The number of halogens is 2. The van der Waals surface area contributed by atoms with Crippen LogP contribution in [-0.4, -0.2) is 24.1 Å². The first kappa shape index (κ1) is 24.2. The summed E-state index contributed by atoms with van der Waals surface area (Å²) in [6, 6.07) is 3.76. The Balaban J connectivity index is 0.00000576. The standard InChI is InChI=1S/C17H20I2O5.CH4/c1-10(2)16(21)23-8-11-6-12(18)7-13(19)15(11)22-9-14(20)24-17(3,4)5;/h6-7H,1,8-9H2,2-5H3;1H4. The van der Waals surface area contributed by atoms with Gasteiger partial charge in [0, 0.05) is 14.7 Å². The van der Waals surface area contributed by atoms with Crippen LogP contribution in [0.25, 0.3) is 0 Å². The SMILES string of the molecule is C.C=C(C)C(=O)OCc1cc(I)cc(I)c1OCC(=O)OC(C)(C)C. The maximum atomic E-state index is 11.8. The Morgan fingerprint density at radius 2 is 1.80 bits per heavy atom. The summed E-state index contributed by atoms with van der Waals surface area (Å²) in [4.78, 5) is 23.4. The van der Waals surface area contributed by atoms with Gasteiger partial charge in [-0.1, -0.05) is 14.0 Å². The number of benzene rings is 1. The van der Waals surface area contributed by atoms with Crippen LogP contribution in [0.3, 0.4) is 0 Å². The van der Waals surface area contributed by atoms with Gasteiger partial charge in [-0.2, -0.15) is 0 Å². The van der Waals surface area contributed by atoms with Gasteiger partial charge in [0.2, 0.25) is 0 Å². The molecular weight excluding hydrogens is 550 g/mol. The number of hydrogen-bond acceptors (Lipinski definition) is 5. The molecule has 0 atom stereocenters. The van der Waals surface area contributed by atoms with Gasteiger partial charge in [-0.25, -0.2) is 9.59 Å². The molecule has 1 aromatic rings. The summed E-state index contributed by atoms with van der Waals surface area (Å²) in [6.45, 7) is 10.3. The van der Waals surface area contributed by atoms with E-state index >= 15 is 0 Å². The molecule has 0 aliphatic rings. The summed E-state index contributed by atoms with van der Waals surface area (Å²) in [6.07, 6.45) is 0. The van der Waals surface area contributed by atoms with Crippen molar-refractivity contribution < 1.29 is 23.8 Å². The van der Waals surface area contributed by atoms with Crippen molar-refractivity contribution in [3.05, 3.63) is 37.0 Å². The lowest BCUT2D eigenvalue weighted by molar-refractivity contribution is -0.157. The second-order valence-electron chi connectivity index (χ2n) is 6.11. The van der Waals surface area contributed by atoms with Crippen LogP contribution in [0.4, 0.5) is 0 Å². The lowest BCUT2D eigenvalue weighted by Crippen LogP contribution is -2.27. The molecule has 0 aliphatic carbocycles. The summed E-state index contributed by atoms with van der Waals surface area (Å²) < 4.78 is 17.8. The Kier molecular flexibility index (Phi) is 10.00. The van der Waals surface area contributed by atoms with Crippen molar-refractivity contribution >= 4 is 57.1 Å². The average Bonchev–Trinajstić information content (AvgIpc) is 2.41. The topological polar surface area (TPSA) is 61.8 Å². The number of rotatable bonds is 6. The van der Waals surface area contributed by atoms with E-state index in [-0.39, 0.29) is 20.6 Å². The highest BCUT2D eigenvalue weighted by Gasteiger charge is 2.19. The molecule has 7 heteroatoms. The van der Waals surface area contributed by atoms with E-state index in [1.807, 2.05) is 12.1 Å². The fourth-order valence-corrected chi connectivity index (χ4v) is 3.77. The van der Waals surface area contributed by atoms with Crippen LogP contribution < -0.4 is 4.74 Å². The number of hydrogen-bond donors (Lipinski definition) is 0. The molecule has 0 radical (unpaired) electrons. The molecule has 5 nitrogen and oxygen atoms in total. The predicted molar refractivity (Wildman–Crippen MR) is 115 cm³/mol. The highest BCUT2D eigenvalue weighted by molar-refractivity contribution is 14.1. The van der Waals surface area contributed by atoms with Crippen LogP contribution >= 0.6 is 45.2 Å². The van der Waals surface area contributed by atoms with E-state index in [2.05, 4.69) is 51.8 Å². The van der Waals surface area contributed by atoms with Gasteiger partial charge in [0.1, 0.15) is 18.0 Å². The van der Waals surface area contributed by atoms with Crippen LogP contribution in [0.5, 0.6) is 5.75 Å². The van der Waals surface area contributed by atoms with Crippen molar-refractivity contribution in [1.82, 2.24) is 0 Å². The van der Waals surface area contributed by atoms with Crippen LogP contribution in [0.15, 0.2) is 24.3 Å². The molecule has 0 heterocycles. The second kappa shape index (κ2) is 10.3. The zero-order valence-corrected chi connectivity index (χ0v) is 18.4. The van der Waals surface area contributed by atoms with Crippen molar-refractivity contribution in [3.63, 3.8) is 0 Å². The molecule has 0 spiro atoms. The van der Waals surface area contributed by atoms with Crippen LogP contribution in [-0.2, 0) is 25.7 Å². The maximum absolute atomic E-state index is 11.8. The minimum atomic E-state index is -0.570. The van der Waals surface area contributed by atoms with Crippen molar-refractivity contribution in [2.75, 3.05) is 6.61 Å². The van der Waals surface area contributed by atoms with Gasteiger partial charge in [-0.15, -0.1) is 0 Å². The third-order valence-electron chi connectivity index (χ3n) is 2.55. The molecule has 0 aliphatic heterocycles. The third kappa shape index (κ3) is 8.89. The number of esters is 2. The fraction of sp³-hybridized carbons (Fsp3) is 0.444. The monoisotopic (exact) mass is 574 g/mol. The van der Waals surface area contributed by atoms with E-state index in [0.717, 1.165) is 7.14 Å². The Labute approximate surface area is 176 Å². The molecule has 0 aromatic heterocycles. The van der Waals surface area contributed by atoms with Gasteiger partial charge in [0.25, 0.3) is 0 Å². The minimum absolute atomic E-state index is 0. The fourth-order valence-electron chi connectivity index (χ4n) is 1.65. The maximum Gasteiger partial charge on any atom is 0.344 e. The molecule has 140 valence electrons. The molecule has 0 saturated carbocycles. The number of carbonyl (C=O) groups excluding carboxylic acids is 2. The molecule has 1 rings (SSSR count). The van der Waals surface area contributed by atoms with Gasteiger partial charge in [-0.3, -0.25) is 0 Å². The molecule has 0 bridgehead atoms. The van der Waals surface area contributed by atoms with Crippen LogP contribution in [0.2, 0.25) is 0 Å². The van der Waals surface area contributed by atoms with E-state index in [1.165, 1.54) is 0 Å². The van der Waals surface area contributed by atoms with Crippen LogP contribution in [0, 0.1) is 7.14 Å². The molecule has 1 aromatic carbocycles. The van der Waals surface area contributed by atoms with Gasteiger partial charge in [0.15, 0.2) is 6.61 Å². The van der Waals surface area contributed by atoms with Gasteiger partial charge in [-0.05, 0) is 85.0 Å². The first-order valence-corrected chi connectivity index (χ1v) is 9.30. The zero-order valence-electron chi connectivity index (χ0n) is 14.1. The van der Waals surface area contributed by atoms with Gasteiger partial charge >= 0.3 is 11.9 Å². The van der Waals surface area contributed by atoms with Crippen molar-refractivity contribution in [1.29, 1.82) is 0 Å². The Morgan fingerprint density at radius 3 is 2.32 bits per heavy atom. The van der Waals surface area contributed by atoms with E-state index < -0.39 is 17.5 Å². The molecule has 0 amide bonds. The highest BCUT2D eigenvalue weighted by Crippen LogP contribution is 2.29. The van der Waals surface area contributed by atoms with E-state index in [9.17, 15) is 9.59 Å². The van der Waals surface area contributed by atoms with Gasteiger partial charge in [0.05, 0.1) is 3.57 Å². The average molecular weight is 574 g/mol. The number of carbonyl (C=O) groups is 2. The lowest BCUT2D eigenvalue weighted by atomic mass is 10.2. The summed E-state index contributed by atoms with van der Waals surface area (Å²) in [5.41, 5.74) is 0.440. The van der Waals surface area contributed by atoms with E-state index in [0.29, 0.717) is 16.9 Å². The van der Waals surface area contributed by atoms with Crippen LogP contribution in [0.1, 0.15) is 40.7 Å². The molecule has 25 heavy (non-hydrogen) atoms. The number of ether oxygens (including phenoxy) is 3. The van der Waals surface area contributed by atoms with Crippen molar-refractivity contribution in [3.8, 4) is 5.75 Å². The normalized spacial score (nSPS) is 10.5. The third-order valence-corrected chi connectivity index (χ3v) is 3.97. The molecular formula is C18H24I2O5. The van der Waals surface area contributed by atoms with E-state index in [1.54, 1.807) is 27.7 Å². The summed E-state index contributed by atoms with van der Waals surface area (Å²) in [7, 11) is 0. The summed E-state index contributed by atoms with van der Waals surface area (Å²) in [5.74, 6) is -0.417. The van der Waals surface area contributed by atoms with Gasteiger partial charge < -0.3 is 14.2 Å². The summed E-state index contributed by atoms with van der Waals surface area (Å²) >= 11 is 4.28. The summed E-state index contributed by atoms with van der Waals surface area (Å²) in [5, 5.41) is 0. The second-order valence-corrected chi connectivity index (χ2v) is 8.52. The highest BCUT2D eigenvalue weighted by atomic mass is 127. The predicted octanol–water partition coefficient (Wildman–Crippen LogP) is 4.87. The largest absolute Gasteiger partial charge is 0.480 e. The molecule has 0 unspecified atom stereocenters. The van der Waals surface area contributed by atoms with E-state index in [4.69, 9.17) is 14.2 Å². The molecule has 0 saturated heterocycles. The molecule has 0 N–H and O–H groups in total. The smallest absolute Gasteiger partial charge is 0.344 e. The first-order valence-electron chi connectivity index (χ1n) is 7.15. The lowest BCUT2D eigenvalue weighted by Gasteiger charge is -2.20. The Bertz CT molecular complexity index is 648. The Morgan fingerprint density at radius 1 is 1.20 bits per heavy atom. The molecule has 0 fully saturated rings. The first-order chi connectivity index (χ1) is 11.0. The Hall–Kier alpha value is -0.840.